The van der Waals surface area contributed by atoms with Crippen LogP contribution in [-0.4, -0.2) is 23.3 Å². The first kappa shape index (κ1) is 17.2. The fraction of sp³-hybridized carbons (Fsp3) is 0.250. The average molecular weight is 332 g/mol. The molecule has 8 heteroatoms. The van der Waals surface area contributed by atoms with Crippen LogP contribution in [0.3, 0.4) is 0 Å². The molecule has 0 bridgehead atoms. The molecule has 0 radical (unpaired) electrons. The Morgan fingerprint density at radius 3 is 2.79 bits per heavy atom. The molecule has 0 aliphatic heterocycles. The minimum atomic E-state index is -0.627. The van der Waals surface area contributed by atoms with Gasteiger partial charge in [0.25, 0.3) is 11.6 Å². The number of hydrogen-bond acceptors (Lipinski definition) is 6. The van der Waals surface area contributed by atoms with E-state index in [0.717, 1.165) is 0 Å². The van der Waals surface area contributed by atoms with Gasteiger partial charge in [0.15, 0.2) is 5.76 Å². The molecule has 1 heterocycles. The second-order valence-electron chi connectivity index (χ2n) is 4.97. The Hall–Kier alpha value is -3.16. The van der Waals surface area contributed by atoms with E-state index in [0.29, 0.717) is 5.56 Å². The average Bonchev–Trinajstić information content (AvgIpc) is 3.09. The van der Waals surface area contributed by atoms with Crippen molar-refractivity contribution in [3.05, 3.63) is 64.1 Å². The summed E-state index contributed by atoms with van der Waals surface area (Å²) in [7, 11) is 0. The van der Waals surface area contributed by atoms with E-state index in [1.54, 1.807) is 19.1 Å². The lowest BCUT2D eigenvalue weighted by molar-refractivity contribution is -0.385. The van der Waals surface area contributed by atoms with E-state index in [4.69, 9.17) is 9.15 Å². The maximum atomic E-state index is 11.8. The molecule has 24 heavy (non-hydrogen) atoms. The number of hydrogen-bond donors (Lipinski definition) is 1. The van der Waals surface area contributed by atoms with E-state index in [-0.39, 0.29) is 24.4 Å². The van der Waals surface area contributed by atoms with E-state index in [9.17, 15) is 19.7 Å². The topological polar surface area (TPSA) is 112 Å². The third-order valence-corrected chi connectivity index (χ3v) is 3.22. The van der Waals surface area contributed by atoms with Crippen LogP contribution in [0.5, 0.6) is 0 Å². The molecule has 8 nitrogen and oxygen atoms in total. The quantitative estimate of drug-likeness (QED) is 0.474. The fourth-order valence-electron chi connectivity index (χ4n) is 1.99. The number of furan rings is 1. The van der Waals surface area contributed by atoms with Crippen molar-refractivity contribution in [1.29, 1.82) is 0 Å². The largest absolute Gasteiger partial charge is 0.459 e. The van der Waals surface area contributed by atoms with Crippen LogP contribution in [-0.2, 0) is 9.53 Å². The molecular formula is C16H16N2O6. The summed E-state index contributed by atoms with van der Waals surface area (Å²) in [4.78, 5) is 33.6. The highest BCUT2D eigenvalue weighted by Gasteiger charge is 2.15. The minimum Gasteiger partial charge on any atom is -0.459 e. The molecule has 0 fully saturated rings. The van der Waals surface area contributed by atoms with Gasteiger partial charge in [-0.3, -0.25) is 19.7 Å². The molecule has 1 N–H and O–H groups in total. The Labute approximate surface area is 137 Å². The lowest BCUT2D eigenvalue weighted by Crippen LogP contribution is -2.26. The first-order valence-electron chi connectivity index (χ1n) is 7.23. The zero-order valence-electron chi connectivity index (χ0n) is 12.9. The number of non-ortho nitro benzene ring substituents is 1. The van der Waals surface area contributed by atoms with Gasteiger partial charge in [-0.1, -0.05) is 12.1 Å². The van der Waals surface area contributed by atoms with Crippen molar-refractivity contribution >= 4 is 17.6 Å². The first-order valence-corrected chi connectivity index (χ1v) is 7.23. The number of carbonyl (C=O) groups is 2. The molecule has 2 rings (SSSR count). The van der Waals surface area contributed by atoms with Crippen LogP contribution in [0.2, 0.25) is 0 Å². The van der Waals surface area contributed by atoms with Crippen LogP contribution >= 0.6 is 0 Å². The summed E-state index contributed by atoms with van der Waals surface area (Å²) in [5, 5.41) is 13.3. The van der Waals surface area contributed by atoms with Gasteiger partial charge < -0.3 is 14.5 Å². The highest BCUT2D eigenvalue weighted by Crippen LogP contribution is 2.21. The number of nitrogens with one attached hydrogen (secondary N) is 1. The van der Waals surface area contributed by atoms with Crippen molar-refractivity contribution in [2.75, 3.05) is 6.54 Å². The van der Waals surface area contributed by atoms with Gasteiger partial charge in [0.05, 0.1) is 17.6 Å². The smallest absolute Gasteiger partial charge is 0.308 e. The van der Waals surface area contributed by atoms with E-state index >= 15 is 0 Å². The van der Waals surface area contributed by atoms with Crippen molar-refractivity contribution < 1.29 is 23.7 Å². The standard InChI is InChI=1S/C16H16N2O6/c1-11(12-4-2-5-13(10-12)18(21)22)24-15(19)7-8-17-16(20)14-6-3-9-23-14/h2-6,9-11H,7-8H2,1H3,(H,17,20)/t11-/m0/s1. The molecule has 1 aromatic carbocycles. The number of ether oxygens (including phenoxy) is 1. The van der Waals surface area contributed by atoms with Gasteiger partial charge in [0, 0.05) is 18.7 Å². The van der Waals surface area contributed by atoms with Gasteiger partial charge in [-0.2, -0.15) is 0 Å². The third kappa shape index (κ3) is 4.67. The molecule has 0 saturated heterocycles. The van der Waals surface area contributed by atoms with Gasteiger partial charge in [-0.15, -0.1) is 0 Å². The van der Waals surface area contributed by atoms with E-state index in [1.165, 1.54) is 30.5 Å². The van der Waals surface area contributed by atoms with Gasteiger partial charge >= 0.3 is 5.97 Å². The first-order chi connectivity index (χ1) is 11.5. The number of esters is 1. The predicted octanol–water partition coefficient (Wildman–Crippen LogP) is 2.61. The zero-order valence-corrected chi connectivity index (χ0v) is 12.9. The van der Waals surface area contributed by atoms with Crippen molar-refractivity contribution in [2.24, 2.45) is 0 Å². The summed E-state index contributed by atoms with van der Waals surface area (Å²) in [6.07, 6.45) is 0.730. The number of nitro benzene ring substituents is 1. The van der Waals surface area contributed by atoms with Crippen LogP contribution in [0, 0.1) is 10.1 Å². The Morgan fingerprint density at radius 1 is 1.33 bits per heavy atom. The third-order valence-electron chi connectivity index (χ3n) is 3.22. The molecule has 0 aliphatic rings. The van der Waals surface area contributed by atoms with Gasteiger partial charge in [0.2, 0.25) is 0 Å². The highest BCUT2D eigenvalue weighted by atomic mass is 16.6. The van der Waals surface area contributed by atoms with E-state index < -0.39 is 22.9 Å². The Bertz CT molecular complexity index is 726. The Morgan fingerprint density at radius 2 is 2.12 bits per heavy atom. The summed E-state index contributed by atoms with van der Waals surface area (Å²) >= 11 is 0. The summed E-state index contributed by atoms with van der Waals surface area (Å²) in [6, 6.07) is 8.99. The fourth-order valence-corrected chi connectivity index (χ4v) is 1.99. The highest BCUT2D eigenvalue weighted by molar-refractivity contribution is 5.91. The molecule has 0 aliphatic carbocycles. The number of nitro groups is 1. The van der Waals surface area contributed by atoms with Crippen LogP contribution in [0.25, 0.3) is 0 Å². The number of nitrogens with zero attached hydrogens (tertiary/aromatic N) is 1. The molecule has 1 amide bonds. The predicted molar refractivity (Wildman–Crippen MR) is 83.3 cm³/mol. The van der Waals surface area contributed by atoms with Crippen LogP contribution in [0.4, 0.5) is 5.69 Å². The normalized spacial score (nSPS) is 11.5. The minimum absolute atomic E-state index is 0.0221. The number of amides is 1. The Balaban J connectivity index is 1.80. The number of benzene rings is 1. The van der Waals surface area contributed by atoms with Crippen molar-refractivity contribution in [1.82, 2.24) is 5.32 Å². The summed E-state index contributed by atoms with van der Waals surface area (Å²) < 4.78 is 10.1. The molecule has 2 aromatic rings. The Kier molecular flexibility index (Phi) is 5.67. The summed E-state index contributed by atoms with van der Waals surface area (Å²) in [6.45, 7) is 1.72. The van der Waals surface area contributed by atoms with Crippen LogP contribution in [0.15, 0.2) is 47.1 Å². The van der Waals surface area contributed by atoms with Crippen LogP contribution < -0.4 is 5.32 Å². The second kappa shape index (κ2) is 7.91. The van der Waals surface area contributed by atoms with Crippen molar-refractivity contribution in [3.8, 4) is 0 Å². The monoisotopic (exact) mass is 332 g/mol. The molecule has 0 saturated carbocycles. The zero-order chi connectivity index (χ0) is 17.5. The van der Waals surface area contributed by atoms with Crippen LogP contribution in [0.1, 0.15) is 35.6 Å². The van der Waals surface area contributed by atoms with Gasteiger partial charge in [-0.05, 0) is 24.6 Å². The van der Waals surface area contributed by atoms with E-state index in [1.807, 2.05) is 0 Å². The van der Waals surface area contributed by atoms with Crippen molar-refractivity contribution in [2.45, 2.75) is 19.4 Å². The summed E-state index contributed by atoms with van der Waals surface area (Å²) in [5.74, 6) is -0.776. The number of rotatable bonds is 7. The SMILES string of the molecule is C[C@H](OC(=O)CCNC(=O)c1ccco1)c1cccc([N+](=O)[O-])c1. The molecule has 0 unspecified atom stereocenters. The maximum Gasteiger partial charge on any atom is 0.308 e. The number of carbonyl (C=O) groups excluding carboxylic acids is 2. The van der Waals surface area contributed by atoms with Gasteiger partial charge in [-0.25, -0.2) is 0 Å². The summed E-state index contributed by atoms with van der Waals surface area (Å²) in [5.41, 5.74) is 0.457. The lowest BCUT2D eigenvalue weighted by Gasteiger charge is -2.13. The maximum absolute atomic E-state index is 11.8. The molecule has 0 spiro atoms. The lowest BCUT2D eigenvalue weighted by atomic mass is 10.1. The molecule has 1 atom stereocenters. The molecule has 1 aromatic heterocycles. The van der Waals surface area contributed by atoms with E-state index in [2.05, 4.69) is 5.32 Å². The molecular weight excluding hydrogens is 316 g/mol. The van der Waals surface area contributed by atoms with Crippen molar-refractivity contribution in [3.63, 3.8) is 0 Å². The van der Waals surface area contributed by atoms with Gasteiger partial charge in [0.1, 0.15) is 6.10 Å². The second-order valence-corrected chi connectivity index (χ2v) is 4.97. The molecule has 126 valence electrons.